The summed E-state index contributed by atoms with van der Waals surface area (Å²) in [5.41, 5.74) is 1.23. The largest absolute Gasteiger partial charge is 0.335 e. The third-order valence-corrected chi connectivity index (χ3v) is 5.46. The molecule has 0 saturated heterocycles. The standard InChI is InChI=1S/C15H18ClNO3S/c1-10-8-13(21(16,19)20)6-7-14(10)15(18)17(12-4-5-12)9-11-2-3-11/h6-8,11-12H,2-5,9H2,1H3. The monoisotopic (exact) mass is 327 g/mol. The van der Waals surface area contributed by atoms with E-state index < -0.39 is 9.05 Å². The van der Waals surface area contributed by atoms with Gasteiger partial charge >= 0.3 is 0 Å². The Morgan fingerprint density at radius 3 is 2.43 bits per heavy atom. The second-order valence-corrected chi connectivity index (χ2v) is 8.61. The second-order valence-electron chi connectivity index (χ2n) is 6.05. The minimum atomic E-state index is -3.75. The fourth-order valence-corrected chi connectivity index (χ4v) is 3.38. The predicted molar refractivity (Wildman–Crippen MR) is 81.0 cm³/mol. The molecule has 2 aliphatic carbocycles. The van der Waals surface area contributed by atoms with Gasteiger partial charge in [0.15, 0.2) is 0 Å². The van der Waals surface area contributed by atoms with Gasteiger partial charge in [-0.1, -0.05) is 0 Å². The highest BCUT2D eigenvalue weighted by Gasteiger charge is 2.37. The molecule has 0 atom stereocenters. The summed E-state index contributed by atoms with van der Waals surface area (Å²) in [6.07, 6.45) is 4.56. The Morgan fingerprint density at radius 1 is 1.29 bits per heavy atom. The molecule has 2 aliphatic rings. The average molecular weight is 328 g/mol. The topological polar surface area (TPSA) is 54.5 Å². The maximum atomic E-state index is 12.7. The van der Waals surface area contributed by atoms with Crippen molar-refractivity contribution in [3.05, 3.63) is 29.3 Å². The summed E-state index contributed by atoms with van der Waals surface area (Å²) in [7, 11) is 1.59. The van der Waals surface area contributed by atoms with Crippen molar-refractivity contribution in [1.29, 1.82) is 0 Å². The number of carbonyl (C=O) groups is 1. The number of nitrogens with zero attached hydrogens (tertiary/aromatic N) is 1. The zero-order valence-electron chi connectivity index (χ0n) is 11.9. The number of halogens is 1. The van der Waals surface area contributed by atoms with Crippen molar-refractivity contribution in [3.8, 4) is 0 Å². The Labute approximate surface area is 129 Å². The first kappa shape index (κ1) is 14.9. The Morgan fingerprint density at radius 2 is 1.95 bits per heavy atom. The van der Waals surface area contributed by atoms with Crippen molar-refractivity contribution in [2.24, 2.45) is 5.92 Å². The molecule has 0 spiro atoms. The van der Waals surface area contributed by atoms with Crippen LogP contribution in [0.4, 0.5) is 0 Å². The minimum Gasteiger partial charge on any atom is -0.335 e. The summed E-state index contributed by atoms with van der Waals surface area (Å²) in [5, 5.41) is 0. The Hall–Kier alpha value is -1.07. The molecular weight excluding hydrogens is 310 g/mol. The van der Waals surface area contributed by atoms with Crippen LogP contribution in [-0.4, -0.2) is 31.8 Å². The molecule has 3 rings (SSSR count). The van der Waals surface area contributed by atoms with Crippen LogP contribution in [-0.2, 0) is 9.05 Å². The normalized spacial score (nSPS) is 18.6. The van der Waals surface area contributed by atoms with Gasteiger partial charge in [-0.2, -0.15) is 0 Å². The molecule has 2 fully saturated rings. The van der Waals surface area contributed by atoms with E-state index in [1.165, 1.54) is 25.0 Å². The molecule has 0 aromatic heterocycles. The van der Waals surface area contributed by atoms with E-state index in [1.807, 2.05) is 4.90 Å². The molecule has 1 aromatic carbocycles. The van der Waals surface area contributed by atoms with Crippen LogP contribution in [0.15, 0.2) is 23.1 Å². The first-order chi connectivity index (χ1) is 9.86. The van der Waals surface area contributed by atoms with Crippen LogP contribution < -0.4 is 0 Å². The predicted octanol–water partition coefficient (Wildman–Crippen LogP) is 2.94. The van der Waals surface area contributed by atoms with Crippen molar-refractivity contribution in [3.63, 3.8) is 0 Å². The number of hydrogen-bond acceptors (Lipinski definition) is 3. The quantitative estimate of drug-likeness (QED) is 0.781. The van der Waals surface area contributed by atoms with Crippen LogP contribution in [0, 0.1) is 12.8 Å². The number of benzene rings is 1. The van der Waals surface area contributed by atoms with E-state index in [2.05, 4.69) is 0 Å². The zero-order chi connectivity index (χ0) is 15.2. The summed E-state index contributed by atoms with van der Waals surface area (Å²) < 4.78 is 22.7. The van der Waals surface area contributed by atoms with E-state index in [0.717, 1.165) is 19.4 Å². The van der Waals surface area contributed by atoms with E-state index in [1.54, 1.807) is 13.0 Å². The van der Waals surface area contributed by atoms with Gasteiger partial charge in [0.1, 0.15) is 0 Å². The van der Waals surface area contributed by atoms with E-state index >= 15 is 0 Å². The van der Waals surface area contributed by atoms with Crippen molar-refractivity contribution in [2.45, 2.75) is 43.5 Å². The lowest BCUT2D eigenvalue weighted by Crippen LogP contribution is -2.35. The number of rotatable bonds is 5. The molecule has 6 heteroatoms. The fraction of sp³-hybridized carbons (Fsp3) is 0.533. The maximum Gasteiger partial charge on any atom is 0.261 e. The molecule has 4 nitrogen and oxygen atoms in total. The lowest BCUT2D eigenvalue weighted by atomic mass is 10.1. The summed E-state index contributed by atoms with van der Waals surface area (Å²) >= 11 is 0. The van der Waals surface area contributed by atoms with Gasteiger partial charge < -0.3 is 4.90 Å². The highest BCUT2D eigenvalue weighted by atomic mass is 35.7. The van der Waals surface area contributed by atoms with Crippen LogP contribution >= 0.6 is 10.7 Å². The third-order valence-electron chi connectivity index (χ3n) is 4.11. The van der Waals surface area contributed by atoms with Gasteiger partial charge in [0, 0.05) is 28.8 Å². The smallest absolute Gasteiger partial charge is 0.261 e. The van der Waals surface area contributed by atoms with E-state index in [-0.39, 0.29) is 10.8 Å². The minimum absolute atomic E-state index is 0.0143. The molecule has 0 radical (unpaired) electrons. The molecule has 1 aromatic rings. The Kier molecular flexibility index (Phi) is 3.74. The molecule has 0 bridgehead atoms. The number of aryl methyl sites for hydroxylation is 1. The molecule has 0 aliphatic heterocycles. The van der Waals surface area contributed by atoms with Gasteiger partial charge in [-0.3, -0.25) is 4.79 Å². The molecule has 0 unspecified atom stereocenters. The van der Waals surface area contributed by atoms with Crippen LogP contribution in [0.5, 0.6) is 0 Å². The SMILES string of the molecule is Cc1cc(S(=O)(=O)Cl)ccc1C(=O)N(CC1CC1)C1CC1. The van der Waals surface area contributed by atoms with Crippen LogP contribution in [0.1, 0.15) is 41.6 Å². The second kappa shape index (κ2) is 5.29. The van der Waals surface area contributed by atoms with E-state index in [9.17, 15) is 13.2 Å². The van der Waals surface area contributed by atoms with E-state index in [4.69, 9.17) is 10.7 Å². The molecule has 0 N–H and O–H groups in total. The molecule has 1 amide bonds. The van der Waals surface area contributed by atoms with E-state index in [0.29, 0.717) is 23.1 Å². The average Bonchev–Trinajstić information content (AvgIpc) is 3.25. The Bertz CT molecular complexity index is 678. The lowest BCUT2D eigenvalue weighted by molar-refractivity contribution is 0.0734. The van der Waals surface area contributed by atoms with Crippen LogP contribution in [0.3, 0.4) is 0 Å². The molecule has 21 heavy (non-hydrogen) atoms. The van der Waals surface area contributed by atoms with Gasteiger partial charge in [-0.05, 0) is 62.3 Å². The first-order valence-electron chi connectivity index (χ1n) is 7.22. The summed E-state index contributed by atoms with van der Waals surface area (Å²) in [4.78, 5) is 14.7. The van der Waals surface area contributed by atoms with Crippen LogP contribution in [0.25, 0.3) is 0 Å². The van der Waals surface area contributed by atoms with Gasteiger partial charge in [-0.15, -0.1) is 0 Å². The maximum absolute atomic E-state index is 12.7. The zero-order valence-corrected chi connectivity index (χ0v) is 13.5. The third kappa shape index (κ3) is 3.40. The highest BCUT2D eigenvalue weighted by molar-refractivity contribution is 8.13. The molecular formula is C15H18ClNO3S. The molecule has 114 valence electrons. The van der Waals surface area contributed by atoms with Gasteiger partial charge in [0.05, 0.1) is 4.90 Å². The summed E-state index contributed by atoms with van der Waals surface area (Å²) in [6.45, 7) is 2.58. The van der Waals surface area contributed by atoms with Crippen molar-refractivity contribution < 1.29 is 13.2 Å². The van der Waals surface area contributed by atoms with Gasteiger partial charge in [-0.25, -0.2) is 8.42 Å². The fourth-order valence-electron chi connectivity index (χ4n) is 2.55. The lowest BCUT2D eigenvalue weighted by Gasteiger charge is -2.23. The van der Waals surface area contributed by atoms with Crippen LogP contribution in [0.2, 0.25) is 0 Å². The molecule has 2 saturated carbocycles. The Balaban J connectivity index is 1.86. The summed E-state index contributed by atoms with van der Waals surface area (Å²) in [5.74, 6) is 0.665. The van der Waals surface area contributed by atoms with Crippen molar-refractivity contribution in [2.75, 3.05) is 6.54 Å². The number of hydrogen-bond donors (Lipinski definition) is 0. The van der Waals surface area contributed by atoms with Gasteiger partial charge in [0.25, 0.3) is 15.0 Å². The van der Waals surface area contributed by atoms with Crippen molar-refractivity contribution in [1.82, 2.24) is 4.90 Å². The molecule has 0 heterocycles. The number of amides is 1. The van der Waals surface area contributed by atoms with Crippen molar-refractivity contribution >= 4 is 25.6 Å². The first-order valence-corrected chi connectivity index (χ1v) is 9.53. The van der Waals surface area contributed by atoms with Gasteiger partial charge in [0.2, 0.25) is 0 Å². The number of carbonyl (C=O) groups excluding carboxylic acids is 1. The highest BCUT2D eigenvalue weighted by Crippen LogP contribution is 2.36. The summed E-state index contributed by atoms with van der Waals surface area (Å²) in [6, 6.07) is 4.83.